The highest BCUT2D eigenvalue weighted by Crippen LogP contribution is 2.27. The fraction of sp³-hybridized carbons (Fsp3) is 0.273. The Morgan fingerprint density at radius 3 is 2.57 bits per heavy atom. The lowest BCUT2D eigenvalue weighted by Crippen LogP contribution is -2.25. The van der Waals surface area contributed by atoms with Crippen molar-refractivity contribution in [3.05, 3.63) is 75.4 Å². The van der Waals surface area contributed by atoms with Gasteiger partial charge < -0.3 is 15.4 Å². The van der Waals surface area contributed by atoms with Crippen LogP contribution in [0.4, 0.5) is 11.4 Å². The number of nitrogens with zero attached hydrogens (tertiary/aromatic N) is 1. The Kier molecular flexibility index (Phi) is 6.15. The molecule has 0 aromatic heterocycles. The van der Waals surface area contributed by atoms with Crippen molar-refractivity contribution in [3.8, 4) is 5.75 Å². The van der Waals surface area contributed by atoms with Gasteiger partial charge in [-0.1, -0.05) is 12.6 Å². The van der Waals surface area contributed by atoms with Gasteiger partial charge in [-0.25, -0.2) is 0 Å². The number of nitro groups is 1. The Labute approximate surface area is 174 Å². The van der Waals surface area contributed by atoms with Crippen LogP contribution in [0.25, 0.3) is 0 Å². The highest BCUT2D eigenvalue weighted by atomic mass is 16.6. The number of ether oxygens (including phenoxy) is 1. The Morgan fingerprint density at radius 2 is 1.93 bits per heavy atom. The molecule has 0 heterocycles. The second-order valence-electron chi connectivity index (χ2n) is 7.41. The van der Waals surface area contributed by atoms with Crippen LogP contribution in [-0.2, 0) is 0 Å². The van der Waals surface area contributed by atoms with Crippen molar-refractivity contribution in [2.75, 3.05) is 11.9 Å². The normalized spacial score (nSPS) is 12.7. The molecule has 0 bridgehead atoms. The molecule has 0 spiro atoms. The highest BCUT2D eigenvalue weighted by Gasteiger charge is 2.25. The van der Waals surface area contributed by atoms with Crippen LogP contribution < -0.4 is 15.4 Å². The Bertz CT molecular complexity index is 1030. The van der Waals surface area contributed by atoms with Crippen molar-refractivity contribution < 1.29 is 19.2 Å². The molecule has 2 N–H and O–H groups in total. The summed E-state index contributed by atoms with van der Waals surface area (Å²) in [6.07, 6.45) is 1.93. The largest absolute Gasteiger partial charge is 0.489 e. The van der Waals surface area contributed by atoms with E-state index in [9.17, 15) is 19.7 Å². The van der Waals surface area contributed by atoms with Gasteiger partial charge >= 0.3 is 0 Å². The first-order valence-corrected chi connectivity index (χ1v) is 9.53. The number of carbonyl (C=O) groups excluding carboxylic acids is 2. The number of benzene rings is 2. The Hall–Kier alpha value is -3.68. The summed E-state index contributed by atoms with van der Waals surface area (Å²) in [5.41, 5.74) is 1.85. The van der Waals surface area contributed by atoms with Crippen LogP contribution in [0.3, 0.4) is 0 Å². The van der Waals surface area contributed by atoms with Crippen LogP contribution >= 0.6 is 0 Å². The molecule has 2 aromatic rings. The summed E-state index contributed by atoms with van der Waals surface area (Å²) in [5, 5.41) is 17.0. The number of amides is 2. The molecule has 0 unspecified atom stereocenters. The molecular formula is C22H23N3O5. The van der Waals surface area contributed by atoms with Crippen molar-refractivity contribution in [1.29, 1.82) is 0 Å². The number of nitrogens with one attached hydrogen (secondary N) is 2. The van der Waals surface area contributed by atoms with E-state index in [1.807, 2.05) is 0 Å². The standard InChI is InChI=1S/C22H23N3O5/c1-13(2)12-30-17-8-9-20(25(28)29)18(11-17)22(27)24-19-10-15(5-4-14(19)3)21(26)23-16-6-7-16/h4-5,8-11,16H,1,6-7,12H2,2-3H3,(H,23,26)(H,24,27). The number of nitro benzene ring substituents is 1. The van der Waals surface area contributed by atoms with E-state index in [2.05, 4.69) is 17.2 Å². The van der Waals surface area contributed by atoms with Crippen molar-refractivity contribution >= 4 is 23.2 Å². The molecule has 0 atom stereocenters. The molecule has 0 aliphatic heterocycles. The van der Waals surface area contributed by atoms with E-state index < -0.39 is 10.8 Å². The number of hydrogen-bond donors (Lipinski definition) is 2. The van der Waals surface area contributed by atoms with Crippen molar-refractivity contribution in [2.24, 2.45) is 0 Å². The number of anilines is 1. The van der Waals surface area contributed by atoms with Crippen molar-refractivity contribution in [1.82, 2.24) is 5.32 Å². The van der Waals surface area contributed by atoms with E-state index in [0.717, 1.165) is 24.0 Å². The molecule has 1 aliphatic rings. The zero-order valence-corrected chi connectivity index (χ0v) is 16.9. The van der Waals surface area contributed by atoms with E-state index in [-0.39, 0.29) is 29.8 Å². The quantitative estimate of drug-likeness (QED) is 0.389. The average Bonchev–Trinajstić information content (AvgIpc) is 3.51. The maximum Gasteiger partial charge on any atom is 0.282 e. The van der Waals surface area contributed by atoms with Gasteiger partial charge in [0.2, 0.25) is 0 Å². The predicted octanol–water partition coefficient (Wildman–Crippen LogP) is 4.00. The van der Waals surface area contributed by atoms with E-state index in [0.29, 0.717) is 17.0 Å². The van der Waals surface area contributed by atoms with E-state index in [1.54, 1.807) is 32.0 Å². The van der Waals surface area contributed by atoms with Gasteiger partial charge in [-0.15, -0.1) is 0 Å². The van der Waals surface area contributed by atoms with Gasteiger partial charge in [-0.3, -0.25) is 19.7 Å². The van der Waals surface area contributed by atoms with Gasteiger partial charge in [0.25, 0.3) is 17.5 Å². The summed E-state index contributed by atoms with van der Waals surface area (Å²) < 4.78 is 5.51. The summed E-state index contributed by atoms with van der Waals surface area (Å²) in [6, 6.07) is 9.17. The van der Waals surface area contributed by atoms with Crippen LogP contribution in [-0.4, -0.2) is 29.4 Å². The van der Waals surface area contributed by atoms with Crippen LogP contribution in [0.15, 0.2) is 48.6 Å². The summed E-state index contributed by atoms with van der Waals surface area (Å²) in [6.45, 7) is 7.53. The first-order chi connectivity index (χ1) is 14.2. The predicted molar refractivity (Wildman–Crippen MR) is 113 cm³/mol. The van der Waals surface area contributed by atoms with Gasteiger partial charge in [-0.05, 0) is 62.1 Å². The smallest absolute Gasteiger partial charge is 0.282 e. The zero-order chi connectivity index (χ0) is 21.8. The van der Waals surface area contributed by atoms with E-state index >= 15 is 0 Å². The molecule has 156 valence electrons. The maximum absolute atomic E-state index is 12.9. The molecule has 1 fully saturated rings. The molecule has 1 saturated carbocycles. The van der Waals surface area contributed by atoms with E-state index in [4.69, 9.17) is 4.74 Å². The van der Waals surface area contributed by atoms with Crippen LogP contribution in [0, 0.1) is 17.0 Å². The third kappa shape index (κ3) is 5.22. The third-order valence-electron chi connectivity index (χ3n) is 4.56. The molecule has 30 heavy (non-hydrogen) atoms. The monoisotopic (exact) mass is 409 g/mol. The van der Waals surface area contributed by atoms with Gasteiger partial charge in [-0.2, -0.15) is 0 Å². The topological polar surface area (TPSA) is 111 Å². The Morgan fingerprint density at radius 1 is 1.20 bits per heavy atom. The van der Waals surface area contributed by atoms with Gasteiger partial charge in [0, 0.05) is 23.4 Å². The lowest BCUT2D eigenvalue weighted by atomic mass is 10.1. The fourth-order valence-electron chi connectivity index (χ4n) is 2.74. The van der Waals surface area contributed by atoms with E-state index in [1.165, 1.54) is 18.2 Å². The Balaban J connectivity index is 1.85. The average molecular weight is 409 g/mol. The zero-order valence-electron chi connectivity index (χ0n) is 16.9. The SMILES string of the molecule is C=C(C)COc1ccc([N+](=O)[O-])c(C(=O)Nc2cc(C(=O)NC3CC3)ccc2C)c1. The summed E-state index contributed by atoms with van der Waals surface area (Å²) >= 11 is 0. The van der Waals surface area contributed by atoms with Crippen LogP contribution in [0.5, 0.6) is 5.75 Å². The molecule has 0 radical (unpaired) electrons. The van der Waals surface area contributed by atoms with Crippen LogP contribution in [0.2, 0.25) is 0 Å². The molecule has 1 aliphatic carbocycles. The molecular weight excluding hydrogens is 386 g/mol. The molecule has 8 heteroatoms. The molecule has 2 aromatic carbocycles. The summed E-state index contributed by atoms with van der Waals surface area (Å²) in [5.74, 6) is -0.553. The minimum Gasteiger partial charge on any atom is -0.489 e. The van der Waals surface area contributed by atoms with Crippen molar-refractivity contribution in [2.45, 2.75) is 32.7 Å². The first-order valence-electron chi connectivity index (χ1n) is 9.53. The lowest BCUT2D eigenvalue weighted by Gasteiger charge is -2.12. The van der Waals surface area contributed by atoms with Crippen LogP contribution in [0.1, 0.15) is 46.0 Å². The number of hydrogen-bond acceptors (Lipinski definition) is 5. The second kappa shape index (κ2) is 8.77. The minimum atomic E-state index is -0.662. The minimum absolute atomic E-state index is 0.133. The van der Waals surface area contributed by atoms with Gasteiger partial charge in [0.1, 0.15) is 17.9 Å². The summed E-state index contributed by atoms with van der Waals surface area (Å²) in [4.78, 5) is 35.9. The molecule has 2 amide bonds. The third-order valence-corrected chi connectivity index (χ3v) is 4.56. The fourth-order valence-corrected chi connectivity index (χ4v) is 2.74. The number of rotatable bonds is 8. The summed E-state index contributed by atoms with van der Waals surface area (Å²) in [7, 11) is 0. The van der Waals surface area contributed by atoms with Gasteiger partial charge in [0.15, 0.2) is 0 Å². The highest BCUT2D eigenvalue weighted by molar-refractivity contribution is 6.08. The van der Waals surface area contributed by atoms with Gasteiger partial charge in [0.05, 0.1) is 4.92 Å². The first kappa shape index (κ1) is 21.0. The lowest BCUT2D eigenvalue weighted by molar-refractivity contribution is -0.385. The second-order valence-corrected chi connectivity index (χ2v) is 7.41. The molecule has 3 rings (SSSR count). The number of aryl methyl sites for hydroxylation is 1. The number of carbonyl (C=O) groups is 2. The molecule has 8 nitrogen and oxygen atoms in total. The maximum atomic E-state index is 12.9. The molecule has 0 saturated heterocycles. The van der Waals surface area contributed by atoms with Crippen molar-refractivity contribution in [3.63, 3.8) is 0 Å².